The minimum Gasteiger partial charge on any atom is -0.268 e. The highest BCUT2D eigenvalue weighted by atomic mass is 19.1. The van der Waals surface area contributed by atoms with Crippen molar-refractivity contribution in [1.29, 1.82) is 0 Å². The number of fused-ring (bicyclic) bond motifs is 1. The summed E-state index contributed by atoms with van der Waals surface area (Å²) in [6.45, 7) is 0. The molecule has 0 amide bonds. The number of hydrogen-bond acceptors (Lipinski definition) is 3. The van der Waals surface area contributed by atoms with Gasteiger partial charge in [-0.2, -0.15) is 5.10 Å². The molecule has 0 aliphatic carbocycles. The molecule has 5 heteroatoms. The highest BCUT2D eigenvalue weighted by Gasteiger charge is 2.06. The Balaban J connectivity index is 2.22. The first-order chi connectivity index (χ1) is 9.15. The van der Waals surface area contributed by atoms with Gasteiger partial charge in [0, 0.05) is 30.3 Å². The van der Waals surface area contributed by atoms with Gasteiger partial charge in [-0.05, 0) is 24.3 Å². The van der Waals surface area contributed by atoms with Gasteiger partial charge in [0.1, 0.15) is 5.82 Å². The third kappa shape index (κ3) is 1.99. The van der Waals surface area contributed by atoms with Crippen LogP contribution in [0.15, 0.2) is 47.4 Å². The molecule has 94 valence electrons. The monoisotopic (exact) mass is 255 g/mol. The van der Waals surface area contributed by atoms with Crippen LogP contribution in [0.4, 0.5) is 4.39 Å². The van der Waals surface area contributed by atoms with Crippen molar-refractivity contribution >= 4 is 10.9 Å². The third-order valence-electron chi connectivity index (χ3n) is 2.93. The number of benzene rings is 1. The Labute approximate surface area is 108 Å². The van der Waals surface area contributed by atoms with E-state index in [1.54, 1.807) is 37.5 Å². The number of pyridine rings is 1. The third-order valence-corrected chi connectivity index (χ3v) is 2.93. The molecule has 0 bridgehead atoms. The van der Waals surface area contributed by atoms with Gasteiger partial charge in [-0.3, -0.25) is 9.78 Å². The molecule has 2 heterocycles. The molecule has 0 N–H and O–H groups in total. The lowest BCUT2D eigenvalue weighted by Crippen LogP contribution is -2.18. The highest BCUT2D eigenvalue weighted by Crippen LogP contribution is 2.22. The van der Waals surface area contributed by atoms with Crippen molar-refractivity contribution in [3.05, 3.63) is 58.8 Å². The standard InChI is InChI=1S/C14H10FN3O/c1-18-14(19)6-5-12(17-18)9-7-10-11(15)3-2-4-13(10)16-8-9/h2-8H,1H3. The first-order valence-electron chi connectivity index (χ1n) is 5.74. The molecule has 0 aliphatic rings. The predicted octanol–water partition coefficient (Wildman–Crippen LogP) is 2.13. The number of halogens is 1. The molecule has 0 aliphatic heterocycles. The minimum absolute atomic E-state index is 0.191. The Hall–Kier alpha value is -2.56. The normalized spacial score (nSPS) is 10.8. The molecule has 0 saturated carbocycles. The fourth-order valence-electron chi connectivity index (χ4n) is 1.91. The van der Waals surface area contributed by atoms with Crippen LogP contribution in [0.25, 0.3) is 22.2 Å². The molecular weight excluding hydrogens is 245 g/mol. The highest BCUT2D eigenvalue weighted by molar-refractivity contribution is 5.83. The van der Waals surface area contributed by atoms with Gasteiger partial charge >= 0.3 is 0 Å². The van der Waals surface area contributed by atoms with Gasteiger partial charge in [0.2, 0.25) is 0 Å². The van der Waals surface area contributed by atoms with Gasteiger partial charge in [0.05, 0.1) is 11.2 Å². The average Bonchev–Trinajstić information content (AvgIpc) is 2.42. The summed E-state index contributed by atoms with van der Waals surface area (Å²) >= 11 is 0. The van der Waals surface area contributed by atoms with Crippen LogP contribution in [0.5, 0.6) is 0 Å². The Morgan fingerprint density at radius 2 is 2.05 bits per heavy atom. The zero-order valence-corrected chi connectivity index (χ0v) is 10.2. The predicted molar refractivity (Wildman–Crippen MR) is 70.2 cm³/mol. The van der Waals surface area contributed by atoms with Crippen molar-refractivity contribution in [3.8, 4) is 11.3 Å². The summed E-state index contributed by atoms with van der Waals surface area (Å²) in [5, 5.41) is 4.56. The summed E-state index contributed by atoms with van der Waals surface area (Å²) in [5.41, 5.74) is 1.66. The molecule has 0 fully saturated rings. The van der Waals surface area contributed by atoms with E-state index in [9.17, 15) is 9.18 Å². The number of aryl methyl sites for hydroxylation is 1. The maximum absolute atomic E-state index is 13.7. The van der Waals surface area contributed by atoms with Crippen LogP contribution in [0.3, 0.4) is 0 Å². The summed E-state index contributed by atoms with van der Waals surface area (Å²) < 4.78 is 14.9. The first-order valence-corrected chi connectivity index (χ1v) is 5.74. The molecule has 1 aromatic carbocycles. The zero-order chi connectivity index (χ0) is 13.4. The Kier molecular flexibility index (Phi) is 2.59. The smallest absolute Gasteiger partial charge is 0.266 e. The largest absolute Gasteiger partial charge is 0.268 e. The van der Waals surface area contributed by atoms with E-state index in [1.807, 2.05) is 0 Å². The van der Waals surface area contributed by atoms with Crippen LogP contribution >= 0.6 is 0 Å². The fraction of sp³-hybridized carbons (Fsp3) is 0.0714. The summed E-state index contributed by atoms with van der Waals surface area (Å²) in [6.07, 6.45) is 1.62. The van der Waals surface area contributed by atoms with Crippen LogP contribution in [0, 0.1) is 5.82 Å². The van der Waals surface area contributed by atoms with Crippen LogP contribution in [0.1, 0.15) is 0 Å². The van der Waals surface area contributed by atoms with Gasteiger partial charge in [-0.15, -0.1) is 0 Å². The average molecular weight is 255 g/mol. The van der Waals surface area contributed by atoms with Crippen LogP contribution < -0.4 is 5.56 Å². The maximum atomic E-state index is 13.7. The molecule has 0 unspecified atom stereocenters. The van der Waals surface area contributed by atoms with Crippen molar-refractivity contribution in [2.24, 2.45) is 7.05 Å². The van der Waals surface area contributed by atoms with Crippen molar-refractivity contribution in [2.75, 3.05) is 0 Å². The maximum Gasteiger partial charge on any atom is 0.266 e. The number of hydrogen-bond donors (Lipinski definition) is 0. The molecule has 19 heavy (non-hydrogen) atoms. The van der Waals surface area contributed by atoms with Crippen LogP contribution in [-0.2, 0) is 7.05 Å². The van der Waals surface area contributed by atoms with E-state index in [0.29, 0.717) is 22.2 Å². The minimum atomic E-state index is -0.323. The van der Waals surface area contributed by atoms with E-state index in [1.165, 1.54) is 16.8 Å². The van der Waals surface area contributed by atoms with Crippen molar-refractivity contribution in [3.63, 3.8) is 0 Å². The molecule has 0 atom stereocenters. The lowest BCUT2D eigenvalue weighted by molar-refractivity contribution is 0.639. The van der Waals surface area contributed by atoms with Crippen molar-refractivity contribution in [2.45, 2.75) is 0 Å². The van der Waals surface area contributed by atoms with Gasteiger partial charge in [0.15, 0.2) is 0 Å². The topological polar surface area (TPSA) is 47.8 Å². The summed E-state index contributed by atoms with van der Waals surface area (Å²) in [4.78, 5) is 15.5. The Morgan fingerprint density at radius 3 is 2.84 bits per heavy atom. The molecule has 3 rings (SSSR count). The van der Waals surface area contributed by atoms with E-state index in [0.717, 1.165) is 0 Å². The SMILES string of the molecule is Cn1nc(-c2cnc3cccc(F)c3c2)ccc1=O. The quantitative estimate of drug-likeness (QED) is 0.669. The van der Waals surface area contributed by atoms with Gasteiger partial charge in [-0.25, -0.2) is 9.07 Å². The van der Waals surface area contributed by atoms with E-state index < -0.39 is 0 Å². The second-order valence-corrected chi connectivity index (χ2v) is 4.21. The van der Waals surface area contributed by atoms with E-state index >= 15 is 0 Å². The lowest BCUT2D eigenvalue weighted by Gasteiger charge is -2.04. The van der Waals surface area contributed by atoms with Crippen molar-refractivity contribution in [1.82, 2.24) is 14.8 Å². The molecule has 3 aromatic rings. The van der Waals surface area contributed by atoms with E-state index in [-0.39, 0.29) is 11.4 Å². The second kappa shape index (κ2) is 4.28. The lowest BCUT2D eigenvalue weighted by atomic mass is 10.1. The zero-order valence-electron chi connectivity index (χ0n) is 10.2. The summed E-state index contributed by atoms with van der Waals surface area (Å²) in [6, 6.07) is 9.47. The van der Waals surface area contributed by atoms with Crippen LogP contribution in [-0.4, -0.2) is 14.8 Å². The Bertz CT molecular complexity index is 826. The molecule has 0 spiro atoms. The number of rotatable bonds is 1. The van der Waals surface area contributed by atoms with E-state index in [2.05, 4.69) is 10.1 Å². The van der Waals surface area contributed by atoms with Gasteiger partial charge in [0.25, 0.3) is 5.56 Å². The van der Waals surface area contributed by atoms with Gasteiger partial charge < -0.3 is 0 Å². The second-order valence-electron chi connectivity index (χ2n) is 4.21. The Morgan fingerprint density at radius 1 is 1.21 bits per heavy atom. The first kappa shape index (κ1) is 11.5. The van der Waals surface area contributed by atoms with Gasteiger partial charge in [-0.1, -0.05) is 6.07 Å². The van der Waals surface area contributed by atoms with E-state index in [4.69, 9.17) is 0 Å². The molecule has 0 radical (unpaired) electrons. The fourth-order valence-corrected chi connectivity index (χ4v) is 1.91. The molecular formula is C14H10FN3O. The molecule has 2 aromatic heterocycles. The molecule has 4 nitrogen and oxygen atoms in total. The van der Waals surface area contributed by atoms with Crippen molar-refractivity contribution < 1.29 is 4.39 Å². The summed E-state index contributed by atoms with van der Waals surface area (Å²) in [7, 11) is 1.57. The number of nitrogens with zero attached hydrogens (tertiary/aromatic N) is 3. The number of aromatic nitrogens is 3. The molecule has 0 saturated heterocycles. The van der Waals surface area contributed by atoms with Crippen LogP contribution in [0.2, 0.25) is 0 Å². The summed E-state index contributed by atoms with van der Waals surface area (Å²) in [5.74, 6) is -0.323.